The van der Waals surface area contributed by atoms with Gasteiger partial charge in [0, 0.05) is 0 Å². The molecule has 0 bridgehead atoms. The minimum absolute atomic E-state index is 0.315. The van der Waals surface area contributed by atoms with Crippen LogP contribution in [-0.4, -0.2) is 51.3 Å². The summed E-state index contributed by atoms with van der Waals surface area (Å²) >= 11 is -0.461. The number of benzene rings is 1. The van der Waals surface area contributed by atoms with E-state index < -0.39 is 44.1 Å². The Bertz CT molecular complexity index is 785. The van der Waals surface area contributed by atoms with Crippen LogP contribution in [0.2, 0.25) is 4.82 Å². The summed E-state index contributed by atoms with van der Waals surface area (Å²) < 4.78 is 49.0. The van der Waals surface area contributed by atoms with Crippen LogP contribution in [0, 0.1) is 0 Å². The van der Waals surface area contributed by atoms with Crippen LogP contribution >= 0.6 is 0 Å². The van der Waals surface area contributed by atoms with Crippen LogP contribution in [0.15, 0.2) is 48.7 Å². The van der Waals surface area contributed by atoms with Gasteiger partial charge in [0.15, 0.2) is 0 Å². The molecule has 1 aromatic heterocycles. The van der Waals surface area contributed by atoms with E-state index in [2.05, 4.69) is 10.3 Å². The van der Waals surface area contributed by atoms with Crippen molar-refractivity contribution in [1.29, 1.82) is 0 Å². The average Bonchev–Trinajstić information content (AvgIpc) is 2.65. The molecule has 0 saturated heterocycles. The fraction of sp³-hybridized carbons (Fsp3) is 0.368. The van der Waals surface area contributed by atoms with Gasteiger partial charge in [-0.1, -0.05) is 0 Å². The summed E-state index contributed by atoms with van der Waals surface area (Å²) in [6.07, 6.45) is -3.01. The molecule has 0 saturated carbocycles. The minimum atomic E-state index is -4.48. The van der Waals surface area contributed by atoms with Crippen molar-refractivity contribution in [2.75, 3.05) is 19.0 Å². The fourth-order valence-electron chi connectivity index (χ4n) is 2.30. The molecule has 2 aromatic rings. The van der Waals surface area contributed by atoms with E-state index in [1.807, 2.05) is 30.3 Å². The van der Waals surface area contributed by atoms with Gasteiger partial charge in [-0.15, -0.1) is 0 Å². The summed E-state index contributed by atoms with van der Waals surface area (Å²) in [7, 11) is 1.45. The van der Waals surface area contributed by atoms with E-state index in [-0.39, 0.29) is 0 Å². The van der Waals surface area contributed by atoms with E-state index in [0.717, 1.165) is 4.46 Å². The number of rotatable bonds is 8. The Morgan fingerprint density at radius 3 is 2.50 bits per heavy atom. The van der Waals surface area contributed by atoms with Crippen molar-refractivity contribution in [3.05, 3.63) is 48.7 Å². The van der Waals surface area contributed by atoms with Crippen LogP contribution in [-0.2, 0) is 9.53 Å². The molecule has 1 N–H and O–H groups in total. The van der Waals surface area contributed by atoms with E-state index in [0.29, 0.717) is 11.6 Å². The molecule has 0 aliphatic carbocycles. The Kier molecular flexibility index (Phi) is 7.46. The van der Waals surface area contributed by atoms with E-state index in [4.69, 9.17) is 9.47 Å². The number of nitrogens with one attached hydrogen (secondary N) is 1. The molecule has 5 nitrogen and oxygen atoms in total. The molecule has 1 heterocycles. The second-order valence-corrected chi connectivity index (χ2v) is 8.87. The Balaban J connectivity index is 2.24. The number of carbonyl (C=O) groups is 1. The van der Waals surface area contributed by atoms with Crippen LogP contribution < -0.4 is 14.5 Å². The molecule has 0 aliphatic rings. The van der Waals surface area contributed by atoms with Gasteiger partial charge < -0.3 is 0 Å². The van der Waals surface area contributed by atoms with Gasteiger partial charge in [-0.25, -0.2) is 0 Å². The molecule has 0 aliphatic heterocycles. The van der Waals surface area contributed by atoms with Crippen LogP contribution in [0.1, 0.15) is 13.8 Å². The van der Waals surface area contributed by atoms with Gasteiger partial charge in [-0.2, -0.15) is 0 Å². The number of alkyl halides is 3. The number of pyridine rings is 1. The summed E-state index contributed by atoms with van der Waals surface area (Å²) in [5.41, 5.74) is -0.885. The first-order valence-corrected chi connectivity index (χ1v) is 10.2. The van der Waals surface area contributed by atoms with Gasteiger partial charge in [0.25, 0.3) is 0 Å². The number of nitrogens with zero attached hydrogens (tertiary/aromatic N) is 1. The van der Waals surface area contributed by atoms with Gasteiger partial charge in [-0.3, -0.25) is 0 Å². The molecule has 28 heavy (non-hydrogen) atoms. The van der Waals surface area contributed by atoms with Crippen LogP contribution in [0.3, 0.4) is 0 Å². The molecular weight excluding hydrogens is 440 g/mol. The van der Waals surface area contributed by atoms with E-state index >= 15 is 0 Å². The molecule has 0 radical (unpaired) electrons. The fourth-order valence-corrected chi connectivity index (χ4v) is 4.61. The van der Waals surface area contributed by atoms with Gasteiger partial charge in [0.1, 0.15) is 0 Å². The summed E-state index contributed by atoms with van der Waals surface area (Å²) in [6.45, 7) is 1.58. The number of halogens is 3. The zero-order valence-electron chi connectivity index (χ0n) is 15.6. The van der Waals surface area contributed by atoms with Crippen molar-refractivity contribution < 1.29 is 27.4 Å². The van der Waals surface area contributed by atoms with Gasteiger partial charge in [0.05, 0.1) is 0 Å². The van der Waals surface area contributed by atoms with Crippen molar-refractivity contribution in [3.8, 4) is 5.88 Å². The van der Waals surface area contributed by atoms with Crippen molar-refractivity contribution >= 4 is 31.0 Å². The average molecular weight is 461 g/mol. The number of hydrogen-bond acceptors (Lipinski definition) is 4. The molecule has 152 valence electrons. The Labute approximate surface area is 167 Å². The summed E-state index contributed by atoms with van der Waals surface area (Å²) in [5.74, 6) is -0.111. The predicted molar refractivity (Wildman–Crippen MR) is 101 cm³/mol. The third-order valence-electron chi connectivity index (χ3n) is 3.69. The number of methoxy groups -OCH3 is 1. The number of anilines is 1. The second kappa shape index (κ2) is 9.41. The van der Waals surface area contributed by atoms with Crippen molar-refractivity contribution in [1.82, 2.24) is 4.98 Å². The normalized spacial score (nSPS) is 13.1. The Hall–Kier alpha value is -2.09. The summed E-state index contributed by atoms with van der Waals surface area (Å²) in [6, 6.07) is 12.3. The van der Waals surface area contributed by atoms with Crippen molar-refractivity contribution in [3.63, 3.8) is 0 Å². The Morgan fingerprint density at radius 2 is 1.89 bits per heavy atom. The molecule has 0 fully saturated rings. The quantitative estimate of drug-likeness (QED) is 0.614. The van der Waals surface area contributed by atoms with Gasteiger partial charge in [-0.05, 0) is 0 Å². The molecule has 2 rings (SSSR count). The first kappa shape index (κ1) is 22.2. The number of hydrogen-bond donors (Lipinski definition) is 1. The molecule has 1 atom stereocenters. The topological polar surface area (TPSA) is 60.5 Å². The number of carbonyl (C=O) groups excluding carboxylic acids is 1. The van der Waals surface area contributed by atoms with E-state index in [9.17, 15) is 18.0 Å². The number of ether oxygens (including phenoxy) is 2. The van der Waals surface area contributed by atoms with Crippen LogP contribution in [0.25, 0.3) is 0 Å². The van der Waals surface area contributed by atoms with Crippen molar-refractivity contribution in [2.24, 2.45) is 0 Å². The third-order valence-corrected chi connectivity index (χ3v) is 6.96. The number of aromatic nitrogens is 1. The van der Waals surface area contributed by atoms with Gasteiger partial charge >= 0.3 is 167 Å². The summed E-state index contributed by atoms with van der Waals surface area (Å²) in [4.78, 5) is 16.1. The first-order valence-electron chi connectivity index (χ1n) is 8.34. The molecule has 9 heteroatoms. The SMILES string of the molecule is COc1cc(NC(=O)C([Se]c2ccccc2)C(C)(C)OCC(F)(F)F)ccn1. The third kappa shape index (κ3) is 6.82. The van der Waals surface area contributed by atoms with Crippen molar-refractivity contribution in [2.45, 2.75) is 30.4 Å². The second-order valence-electron chi connectivity index (χ2n) is 6.39. The number of amides is 1. The maximum absolute atomic E-state index is 13.0. The maximum atomic E-state index is 13.0. The molecule has 0 spiro atoms. The first-order chi connectivity index (χ1) is 13.1. The standard InChI is InChI=1S/C19H21F3N2O3Se/c1-18(2,27-12-19(20,21)22)16(28-14-7-5-4-6-8-14)17(25)24-13-9-10-23-15(11-13)26-3/h4-11,16H,12H2,1-3H3,(H,23,24,25). The molecular formula is C19H21F3N2O3Se. The monoisotopic (exact) mass is 462 g/mol. The zero-order valence-corrected chi connectivity index (χ0v) is 17.3. The van der Waals surface area contributed by atoms with E-state index in [1.165, 1.54) is 33.2 Å². The molecule has 1 amide bonds. The van der Waals surface area contributed by atoms with Crippen LogP contribution in [0.4, 0.5) is 18.9 Å². The zero-order chi connectivity index (χ0) is 20.8. The summed E-state index contributed by atoms with van der Waals surface area (Å²) in [5, 5.41) is 2.74. The van der Waals surface area contributed by atoms with Crippen LogP contribution in [0.5, 0.6) is 5.88 Å². The molecule has 1 unspecified atom stereocenters. The predicted octanol–water partition coefficient (Wildman–Crippen LogP) is 3.20. The van der Waals surface area contributed by atoms with Gasteiger partial charge in [0.2, 0.25) is 0 Å². The van der Waals surface area contributed by atoms with E-state index in [1.54, 1.807) is 6.07 Å². The molecule has 1 aromatic carbocycles. The Morgan fingerprint density at radius 1 is 1.21 bits per heavy atom.